The highest BCUT2D eigenvalue weighted by atomic mass is 32.2. The molecule has 108 valence electrons. The number of methoxy groups -OCH3 is 1. The molecular formula is C12H19NO5S. The summed E-state index contributed by atoms with van der Waals surface area (Å²) < 4.78 is 31.9. The van der Waals surface area contributed by atoms with E-state index in [1.165, 1.54) is 19.6 Å². The zero-order valence-electron chi connectivity index (χ0n) is 11.5. The molecule has 0 saturated carbocycles. The minimum absolute atomic E-state index is 0.292. The molecule has 0 aromatic carbocycles. The number of ether oxygens (including phenoxy) is 1. The second-order valence-corrected chi connectivity index (χ2v) is 7.58. The van der Waals surface area contributed by atoms with Gasteiger partial charge in [-0.3, -0.25) is 0 Å². The Bertz CT molecular complexity index is 544. The van der Waals surface area contributed by atoms with E-state index in [1.807, 2.05) is 0 Å². The molecule has 0 bridgehead atoms. The lowest BCUT2D eigenvalue weighted by Gasteiger charge is -2.22. The number of esters is 1. The van der Waals surface area contributed by atoms with E-state index in [-0.39, 0.29) is 0 Å². The van der Waals surface area contributed by atoms with Crippen molar-refractivity contribution in [2.24, 2.45) is 0 Å². The smallest absolute Gasteiger partial charge is 0.341 e. The molecule has 0 radical (unpaired) electrons. The van der Waals surface area contributed by atoms with E-state index in [0.29, 0.717) is 24.4 Å². The Kier molecular flexibility index (Phi) is 4.75. The number of carbonyl (C=O) groups excluding carboxylic acids is 1. The monoisotopic (exact) mass is 289 g/mol. The summed E-state index contributed by atoms with van der Waals surface area (Å²) in [5.74, 6) is 0.0798. The van der Waals surface area contributed by atoms with Gasteiger partial charge in [0.25, 0.3) is 0 Å². The van der Waals surface area contributed by atoms with Crippen LogP contribution in [-0.4, -0.2) is 39.0 Å². The molecule has 0 aliphatic rings. The van der Waals surface area contributed by atoms with Crippen molar-refractivity contribution in [3.05, 3.63) is 23.7 Å². The van der Waals surface area contributed by atoms with Crippen molar-refractivity contribution in [1.29, 1.82) is 0 Å². The van der Waals surface area contributed by atoms with E-state index in [4.69, 9.17) is 4.42 Å². The van der Waals surface area contributed by atoms with Gasteiger partial charge in [0.05, 0.1) is 24.0 Å². The lowest BCUT2D eigenvalue weighted by atomic mass is 10.2. The Morgan fingerprint density at radius 3 is 2.63 bits per heavy atom. The number of hydrogen-bond acceptors (Lipinski definition) is 6. The summed E-state index contributed by atoms with van der Waals surface area (Å²) in [7, 11) is -1.84. The maximum Gasteiger partial charge on any atom is 0.341 e. The molecule has 1 heterocycles. The fourth-order valence-corrected chi connectivity index (χ4v) is 1.68. The number of hydrogen-bond donors (Lipinski definition) is 1. The second kappa shape index (κ2) is 5.75. The summed E-state index contributed by atoms with van der Waals surface area (Å²) in [6.45, 7) is 3.94. The Labute approximate surface area is 113 Å². The summed E-state index contributed by atoms with van der Waals surface area (Å²) in [6.07, 6.45) is 2.52. The van der Waals surface area contributed by atoms with Crippen LogP contribution in [0.25, 0.3) is 0 Å². The van der Waals surface area contributed by atoms with Gasteiger partial charge in [0, 0.05) is 12.8 Å². The average molecular weight is 289 g/mol. The van der Waals surface area contributed by atoms with Gasteiger partial charge in [-0.2, -0.15) is 0 Å². The van der Waals surface area contributed by atoms with Crippen LogP contribution < -0.4 is 5.32 Å². The third-order valence-corrected chi connectivity index (χ3v) is 5.08. The molecule has 0 atom stereocenters. The quantitative estimate of drug-likeness (QED) is 0.786. The zero-order chi connectivity index (χ0) is 14.7. The largest absolute Gasteiger partial charge is 0.467 e. The molecule has 0 aliphatic heterocycles. The number of carbonyl (C=O) groups is 1. The van der Waals surface area contributed by atoms with Crippen molar-refractivity contribution in [3.8, 4) is 0 Å². The summed E-state index contributed by atoms with van der Waals surface area (Å²) in [5.41, 5.74) is 0.335. The summed E-state index contributed by atoms with van der Waals surface area (Å²) >= 11 is 0. The van der Waals surface area contributed by atoms with E-state index in [1.54, 1.807) is 19.9 Å². The zero-order valence-corrected chi connectivity index (χ0v) is 12.3. The fraction of sp³-hybridized carbons (Fsp3) is 0.583. The van der Waals surface area contributed by atoms with Crippen LogP contribution in [0, 0.1) is 0 Å². The molecule has 1 aromatic rings. The predicted molar refractivity (Wildman–Crippen MR) is 70.7 cm³/mol. The van der Waals surface area contributed by atoms with Crippen molar-refractivity contribution in [3.63, 3.8) is 0 Å². The molecule has 1 N–H and O–H groups in total. The highest BCUT2D eigenvalue weighted by molar-refractivity contribution is 7.92. The van der Waals surface area contributed by atoms with Crippen LogP contribution in [0.3, 0.4) is 0 Å². The van der Waals surface area contributed by atoms with Crippen LogP contribution in [0.2, 0.25) is 0 Å². The van der Waals surface area contributed by atoms with Gasteiger partial charge in [-0.05, 0) is 19.9 Å². The fourth-order valence-electron chi connectivity index (χ4n) is 1.32. The average Bonchev–Trinajstić information content (AvgIpc) is 2.75. The Morgan fingerprint density at radius 1 is 1.47 bits per heavy atom. The summed E-state index contributed by atoms with van der Waals surface area (Å²) in [5, 5.41) is 2.99. The maximum atomic E-state index is 11.5. The molecule has 0 unspecified atom stereocenters. The van der Waals surface area contributed by atoms with Gasteiger partial charge in [0.15, 0.2) is 9.84 Å². The molecule has 0 spiro atoms. The third-order valence-electron chi connectivity index (χ3n) is 2.93. The third kappa shape index (κ3) is 4.07. The molecule has 1 aromatic heterocycles. The number of furan rings is 1. The molecule has 1 rings (SSSR count). The molecule has 0 fully saturated rings. The highest BCUT2D eigenvalue weighted by Crippen LogP contribution is 2.14. The van der Waals surface area contributed by atoms with E-state index in [2.05, 4.69) is 10.1 Å². The lowest BCUT2D eigenvalue weighted by molar-refractivity contribution is 0.0600. The van der Waals surface area contributed by atoms with Crippen LogP contribution in [0.1, 0.15) is 30.0 Å². The Hall–Kier alpha value is -1.34. The summed E-state index contributed by atoms with van der Waals surface area (Å²) in [4.78, 5) is 11.2. The first kappa shape index (κ1) is 15.7. The first-order valence-electron chi connectivity index (χ1n) is 5.73. The van der Waals surface area contributed by atoms with Gasteiger partial charge < -0.3 is 14.5 Å². The van der Waals surface area contributed by atoms with E-state index in [9.17, 15) is 13.2 Å². The van der Waals surface area contributed by atoms with Crippen LogP contribution in [-0.2, 0) is 21.1 Å². The van der Waals surface area contributed by atoms with Crippen LogP contribution >= 0.6 is 0 Å². The van der Waals surface area contributed by atoms with Crippen LogP contribution in [0.4, 0.5) is 0 Å². The van der Waals surface area contributed by atoms with Crippen molar-refractivity contribution in [2.45, 2.75) is 25.1 Å². The van der Waals surface area contributed by atoms with Crippen LogP contribution in [0.15, 0.2) is 16.7 Å². The maximum absolute atomic E-state index is 11.5. The molecule has 6 nitrogen and oxygen atoms in total. The minimum Gasteiger partial charge on any atom is -0.467 e. The van der Waals surface area contributed by atoms with E-state index < -0.39 is 20.6 Å². The van der Waals surface area contributed by atoms with Gasteiger partial charge >= 0.3 is 5.97 Å². The molecule has 7 heteroatoms. The van der Waals surface area contributed by atoms with Crippen molar-refractivity contribution >= 4 is 15.8 Å². The minimum atomic E-state index is -3.14. The van der Waals surface area contributed by atoms with Gasteiger partial charge in [-0.15, -0.1) is 0 Å². The summed E-state index contributed by atoms with van der Waals surface area (Å²) in [6, 6.07) is 1.56. The van der Waals surface area contributed by atoms with Crippen molar-refractivity contribution in [2.75, 3.05) is 19.9 Å². The molecule has 0 aliphatic carbocycles. The Balaban J connectivity index is 2.55. The topological polar surface area (TPSA) is 85.6 Å². The van der Waals surface area contributed by atoms with Gasteiger partial charge in [0.1, 0.15) is 12.0 Å². The molecular weight excluding hydrogens is 270 g/mol. The predicted octanol–water partition coefficient (Wildman–Crippen LogP) is 0.979. The van der Waals surface area contributed by atoms with Crippen molar-refractivity contribution in [1.82, 2.24) is 5.32 Å². The Morgan fingerprint density at radius 2 is 2.11 bits per heavy atom. The standard InChI is InChI=1S/C12H19NO5S/c1-12(2,19(4,15)16)8-13-6-10-5-9(7-18-10)11(14)17-3/h5,7,13H,6,8H2,1-4H3. The van der Waals surface area contributed by atoms with Gasteiger partial charge in [0.2, 0.25) is 0 Å². The molecule has 19 heavy (non-hydrogen) atoms. The van der Waals surface area contributed by atoms with Gasteiger partial charge in [-0.1, -0.05) is 0 Å². The van der Waals surface area contributed by atoms with Crippen LogP contribution in [0.5, 0.6) is 0 Å². The number of nitrogens with one attached hydrogen (secondary N) is 1. The number of sulfone groups is 1. The highest BCUT2D eigenvalue weighted by Gasteiger charge is 2.29. The number of rotatable bonds is 6. The van der Waals surface area contributed by atoms with Crippen molar-refractivity contribution < 1.29 is 22.4 Å². The van der Waals surface area contributed by atoms with Gasteiger partial charge in [-0.25, -0.2) is 13.2 Å². The SMILES string of the molecule is COC(=O)c1coc(CNCC(C)(C)S(C)(=O)=O)c1. The van der Waals surface area contributed by atoms with E-state index >= 15 is 0 Å². The lowest BCUT2D eigenvalue weighted by Crippen LogP contribution is -2.41. The first-order chi connectivity index (χ1) is 8.67. The second-order valence-electron chi connectivity index (χ2n) is 4.93. The molecule has 0 amide bonds. The van der Waals surface area contributed by atoms with E-state index in [0.717, 1.165) is 0 Å². The first-order valence-corrected chi connectivity index (χ1v) is 7.62. The normalized spacial score (nSPS) is 12.4. The molecule has 0 saturated heterocycles.